The number of ether oxygens (including phenoxy) is 1. The number of hydrogen-bond donors (Lipinski definition) is 0. The molecule has 0 amide bonds. The Morgan fingerprint density at radius 1 is 0.521 bits per heavy atom. The van der Waals surface area contributed by atoms with E-state index in [0.717, 1.165) is 93.2 Å². The predicted octanol–water partition coefficient (Wildman–Crippen LogP) is 12.4. The lowest BCUT2D eigenvalue weighted by Gasteiger charge is -2.25. The normalized spacial score (nSPS) is 11.8. The first-order valence-electron chi connectivity index (χ1n) is 18.5. The summed E-state index contributed by atoms with van der Waals surface area (Å²) in [6.07, 6.45) is 14.1. The van der Waals surface area contributed by atoms with Crippen molar-refractivity contribution >= 4 is 13.7 Å². The first kappa shape index (κ1) is 37.5. The Bertz CT molecular complexity index is 1560. The Morgan fingerprint density at radius 2 is 1.04 bits per heavy atom. The summed E-state index contributed by atoms with van der Waals surface area (Å²) in [5, 5.41) is 1.08. The molecular formula is C44H59O3P. The van der Waals surface area contributed by atoms with E-state index in [1.54, 1.807) is 0 Å². The van der Waals surface area contributed by atoms with Gasteiger partial charge in [-0.3, -0.25) is 0 Å². The van der Waals surface area contributed by atoms with Crippen molar-refractivity contribution in [1.29, 1.82) is 0 Å². The molecule has 0 N–H and O–H groups in total. The van der Waals surface area contributed by atoms with Crippen molar-refractivity contribution in [2.24, 2.45) is 0 Å². The van der Waals surface area contributed by atoms with Crippen LogP contribution in [0.5, 0.6) is 17.2 Å². The first-order chi connectivity index (χ1) is 23.4. The van der Waals surface area contributed by atoms with Crippen molar-refractivity contribution < 1.29 is 13.8 Å². The molecule has 1 atom stereocenters. The van der Waals surface area contributed by atoms with Crippen LogP contribution in [0.2, 0.25) is 0 Å². The van der Waals surface area contributed by atoms with Gasteiger partial charge in [-0.1, -0.05) is 119 Å². The molecule has 0 heterocycles. The van der Waals surface area contributed by atoms with Crippen LogP contribution >= 0.6 is 8.38 Å². The van der Waals surface area contributed by atoms with Crippen LogP contribution in [-0.4, -0.2) is 7.11 Å². The van der Waals surface area contributed by atoms with Gasteiger partial charge in [-0.25, -0.2) is 0 Å². The second-order valence-corrected chi connectivity index (χ2v) is 14.7. The van der Waals surface area contributed by atoms with Crippen LogP contribution < -0.4 is 19.1 Å². The third kappa shape index (κ3) is 10.6. The van der Waals surface area contributed by atoms with E-state index in [9.17, 15) is 0 Å². The number of benzene rings is 4. The van der Waals surface area contributed by atoms with Gasteiger partial charge >= 0.3 is 8.38 Å². The minimum Gasteiger partial charge on any atom is -0.496 e. The monoisotopic (exact) mass is 666 g/mol. The minimum atomic E-state index is -1.45. The molecular weight excluding hydrogens is 607 g/mol. The summed E-state index contributed by atoms with van der Waals surface area (Å²) >= 11 is 0. The number of unbranched alkanes of at least 4 members (excludes halogenated alkanes) is 4. The van der Waals surface area contributed by atoms with Gasteiger partial charge in [0.2, 0.25) is 0 Å². The van der Waals surface area contributed by atoms with Crippen molar-refractivity contribution in [2.45, 2.75) is 125 Å². The van der Waals surface area contributed by atoms with E-state index in [-0.39, 0.29) is 0 Å². The molecule has 4 aromatic rings. The van der Waals surface area contributed by atoms with Crippen LogP contribution in [0, 0.1) is 13.8 Å². The van der Waals surface area contributed by atoms with Crippen LogP contribution in [0.4, 0.5) is 0 Å². The second-order valence-electron chi connectivity index (χ2n) is 13.3. The molecule has 0 spiro atoms. The van der Waals surface area contributed by atoms with Crippen LogP contribution in [0.1, 0.15) is 124 Å². The molecule has 3 nitrogen and oxygen atoms in total. The number of methoxy groups -OCH3 is 1. The SMILES string of the molecule is CCCCc1ccc(OP(Oc2c(CCCC)cc(C)cc2Cc2cc(C)cc(CCCC)c2OC)c2ccccc2)c(CCCC)c1. The number of aryl methyl sites for hydroxylation is 6. The van der Waals surface area contributed by atoms with Crippen molar-refractivity contribution in [3.63, 3.8) is 0 Å². The maximum atomic E-state index is 7.25. The van der Waals surface area contributed by atoms with Crippen LogP contribution in [0.3, 0.4) is 0 Å². The molecule has 4 aromatic carbocycles. The summed E-state index contributed by atoms with van der Waals surface area (Å²) in [5.41, 5.74) is 10.2. The Morgan fingerprint density at radius 3 is 1.62 bits per heavy atom. The lowest BCUT2D eigenvalue weighted by molar-refractivity contribution is 0.404. The molecule has 0 aliphatic rings. The fourth-order valence-corrected chi connectivity index (χ4v) is 7.90. The van der Waals surface area contributed by atoms with Crippen molar-refractivity contribution in [3.8, 4) is 17.2 Å². The highest BCUT2D eigenvalue weighted by atomic mass is 31.2. The zero-order valence-electron chi connectivity index (χ0n) is 30.8. The van der Waals surface area contributed by atoms with Gasteiger partial charge in [-0.05, 0) is 117 Å². The lowest BCUT2D eigenvalue weighted by Crippen LogP contribution is -2.13. The Hall–Kier alpha value is -3.29. The van der Waals surface area contributed by atoms with Crippen LogP contribution in [-0.2, 0) is 32.1 Å². The van der Waals surface area contributed by atoms with Gasteiger partial charge in [0.15, 0.2) is 0 Å². The molecule has 4 rings (SSSR count). The highest BCUT2D eigenvalue weighted by molar-refractivity contribution is 7.56. The van der Waals surface area contributed by atoms with E-state index in [2.05, 4.69) is 114 Å². The molecule has 258 valence electrons. The Kier molecular flexibility index (Phi) is 15.4. The summed E-state index contributed by atoms with van der Waals surface area (Å²) < 4.78 is 20.4. The molecule has 0 aliphatic carbocycles. The van der Waals surface area contributed by atoms with E-state index in [1.807, 2.05) is 7.11 Å². The Labute approximate surface area is 293 Å². The summed E-state index contributed by atoms with van der Waals surface area (Å²) in [4.78, 5) is 0. The smallest absolute Gasteiger partial charge is 0.326 e. The molecule has 4 heteroatoms. The minimum absolute atomic E-state index is 0.742. The molecule has 0 bridgehead atoms. The van der Waals surface area contributed by atoms with Gasteiger partial charge in [0, 0.05) is 6.42 Å². The number of hydrogen-bond acceptors (Lipinski definition) is 3. The van der Waals surface area contributed by atoms with Crippen molar-refractivity contribution in [2.75, 3.05) is 7.11 Å². The standard InChI is InChI=1S/C44H59O3P/c1-8-12-19-35-25-26-42(36(31-35)20-13-9-2)46-48(41-23-17-16-18-24-41)47-44-38(22-15-11-4)28-34(6)30-40(44)32-39-29-33(5)27-37(21-14-10-3)43(39)45-7/h16-18,23-31H,8-15,19-22,32H2,1-7H3. The maximum Gasteiger partial charge on any atom is 0.326 e. The summed E-state index contributed by atoms with van der Waals surface area (Å²) in [6.45, 7) is 13.4. The molecule has 0 aliphatic heterocycles. The summed E-state index contributed by atoms with van der Waals surface area (Å²) in [6, 6.07) is 26.6. The van der Waals surface area contributed by atoms with E-state index < -0.39 is 8.38 Å². The summed E-state index contributed by atoms with van der Waals surface area (Å²) in [5.74, 6) is 2.93. The largest absolute Gasteiger partial charge is 0.496 e. The predicted molar refractivity (Wildman–Crippen MR) is 207 cm³/mol. The summed E-state index contributed by atoms with van der Waals surface area (Å²) in [7, 11) is 0.361. The zero-order chi connectivity index (χ0) is 34.3. The van der Waals surface area contributed by atoms with Crippen molar-refractivity contribution in [3.05, 3.63) is 117 Å². The third-order valence-electron chi connectivity index (χ3n) is 9.02. The average molecular weight is 667 g/mol. The number of rotatable bonds is 20. The van der Waals surface area contributed by atoms with Crippen LogP contribution in [0.25, 0.3) is 0 Å². The fraction of sp³-hybridized carbons (Fsp3) is 0.455. The van der Waals surface area contributed by atoms with Gasteiger partial charge in [0.05, 0.1) is 12.4 Å². The van der Waals surface area contributed by atoms with Gasteiger partial charge < -0.3 is 13.8 Å². The molecule has 0 fully saturated rings. The second kappa shape index (κ2) is 19.6. The van der Waals surface area contributed by atoms with Gasteiger partial charge in [-0.2, -0.15) is 0 Å². The molecule has 0 saturated heterocycles. The highest BCUT2D eigenvalue weighted by Gasteiger charge is 2.24. The average Bonchev–Trinajstić information content (AvgIpc) is 3.09. The molecule has 0 saturated carbocycles. The fourth-order valence-electron chi connectivity index (χ4n) is 6.48. The van der Waals surface area contributed by atoms with Gasteiger partial charge in [0.1, 0.15) is 17.2 Å². The molecule has 48 heavy (non-hydrogen) atoms. The maximum absolute atomic E-state index is 7.25. The van der Waals surface area contributed by atoms with E-state index in [0.29, 0.717) is 0 Å². The highest BCUT2D eigenvalue weighted by Crippen LogP contribution is 2.45. The van der Waals surface area contributed by atoms with Gasteiger partial charge in [0.25, 0.3) is 0 Å². The topological polar surface area (TPSA) is 27.7 Å². The van der Waals surface area contributed by atoms with Crippen molar-refractivity contribution in [1.82, 2.24) is 0 Å². The van der Waals surface area contributed by atoms with Crippen LogP contribution in [0.15, 0.2) is 72.8 Å². The lowest BCUT2D eigenvalue weighted by atomic mass is 9.93. The van der Waals surface area contributed by atoms with Gasteiger partial charge in [-0.15, -0.1) is 0 Å². The third-order valence-corrected chi connectivity index (χ3v) is 10.5. The van der Waals surface area contributed by atoms with E-state index in [1.165, 1.54) is 57.3 Å². The molecule has 0 radical (unpaired) electrons. The first-order valence-corrected chi connectivity index (χ1v) is 19.7. The zero-order valence-corrected chi connectivity index (χ0v) is 31.7. The molecule has 1 unspecified atom stereocenters. The van der Waals surface area contributed by atoms with E-state index >= 15 is 0 Å². The quantitative estimate of drug-likeness (QED) is 0.0879. The van der Waals surface area contributed by atoms with E-state index in [4.69, 9.17) is 13.8 Å². The Balaban J connectivity index is 1.81. The molecule has 0 aromatic heterocycles.